The van der Waals surface area contributed by atoms with Gasteiger partial charge in [-0.05, 0) is 42.5 Å². The maximum Gasteiger partial charge on any atom is 0.265 e. The van der Waals surface area contributed by atoms with Gasteiger partial charge in [0.1, 0.15) is 10.6 Å². The third-order valence-electron chi connectivity index (χ3n) is 2.87. The standard InChI is InChI=1S/C15H15BrN2O4S/c1-10(19)17-13-7-8-14(22-2)15(9-13)23(20,21)18-12-5-3-11(16)4-6-12/h3-9,18H,1-2H3,(H,17,19). The summed E-state index contributed by atoms with van der Waals surface area (Å²) in [5.41, 5.74) is 0.787. The molecule has 0 saturated carbocycles. The molecule has 2 N–H and O–H groups in total. The number of amides is 1. The number of hydrogen-bond donors (Lipinski definition) is 2. The van der Waals surface area contributed by atoms with Crippen molar-refractivity contribution in [2.45, 2.75) is 11.8 Å². The van der Waals surface area contributed by atoms with Crippen molar-refractivity contribution in [3.63, 3.8) is 0 Å². The number of hydrogen-bond acceptors (Lipinski definition) is 4. The molecule has 122 valence electrons. The molecule has 1 amide bonds. The zero-order chi connectivity index (χ0) is 17.0. The van der Waals surface area contributed by atoms with Crippen molar-refractivity contribution in [2.75, 3.05) is 17.1 Å². The van der Waals surface area contributed by atoms with E-state index < -0.39 is 10.0 Å². The van der Waals surface area contributed by atoms with Crippen LogP contribution in [0.3, 0.4) is 0 Å². The van der Waals surface area contributed by atoms with E-state index in [0.717, 1.165) is 4.47 Å². The number of methoxy groups -OCH3 is 1. The van der Waals surface area contributed by atoms with Gasteiger partial charge in [-0.3, -0.25) is 9.52 Å². The number of ether oxygens (including phenoxy) is 1. The molecular weight excluding hydrogens is 384 g/mol. The van der Waals surface area contributed by atoms with Gasteiger partial charge in [0.05, 0.1) is 7.11 Å². The molecule has 0 aliphatic rings. The molecule has 0 bridgehead atoms. The number of carbonyl (C=O) groups is 1. The molecule has 8 heteroatoms. The predicted octanol–water partition coefficient (Wildman–Crippen LogP) is 3.22. The van der Waals surface area contributed by atoms with Gasteiger partial charge in [0.25, 0.3) is 10.0 Å². The summed E-state index contributed by atoms with van der Waals surface area (Å²) in [5, 5.41) is 2.55. The van der Waals surface area contributed by atoms with Crippen LogP contribution in [0.25, 0.3) is 0 Å². The topological polar surface area (TPSA) is 84.5 Å². The van der Waals surface area contributed by atoms with Crippen LogP contribution in [0.4, 0.5) is 11.4 Å². The second kappa shape index (κ2) is 7.01. The monoisotopic (exact) mass is 398 g/mol. The Morgan fingerprint density at radius 2 is 1.70 bits per heavy atom. The number of halogens is 1. The first kappa shape index (κ1) is 17.3. The zero-order valence-corrected chi connectivity index (χ0v) is 14.9. The lowest BCUT2D eigenvalue weighted by Gasteiger charge is -2.13. The van der Waals surface area contributed by atoms with Crippen LogP contribution >= 0.6 is 15.9 Å². The highest BCUT2D eigenvalue weighted by molar-refractivity contribution is 9.10. The van der Waals surface area contributed by atoms with E-state index in [1.54, 1.807) is 30.3 Å². The van der Waals surface area contributed by atoms with Crippen molar-refractivity contribution in [3.8, 4) is 5.75 Å². The molecule has 0 radical (unpaired) electrons. The summed E-state index contributed by atoms with van der Waals surface area (Å²) in [6.45, 7) is 1.35. The maximum atomic E-state index is 12.6. The number of rotatable bonds is 5. The quantitative estimate of drug-likeness (QED) is 0.809. The van der Waals surface area contributed by atoms with E-state index in [2.05, 4.69) is 26.0 Å². The smallest absolute Gasteiger partial charge is 0.265 e. The van der Waals surface area contributed by atoms with Gasteiger partial charge in [-0.1, -0.05) is 15.9 Å². The molecule has 0 fully saturated rings. The van der Waals surface area contributed by atoms with Gasteiger partial charge in [0.2, 0.25) is 5.91 Å². The van der Waals surface area contributed by atoms with Crippen LogP contribution in [-0.2, 0) is 14.8 Å². The Morgan fingerprint density at radius 3 is 2.26 bits per heavy atom. The Morgan fingerprint density at radius 1 is 1.09 bits per heavy atom. The first-order valence-corrected chi connectivity index (χ1v) is 8.83. The number of sulfonamides is 1. The minimum atomic E-state index is -3.87. The molecular formula is C15H15BrN2O4S. The van der Waals surface area contributed by atoms with Crippen LogP contribution in [-0.4, -0.2) is 21.4 Å². The molecule has 6 nitrogen and oxygen atoms in total. The van der Waals surface area contributed by atoms with E-state index in [0.29, 0.717) is 11.4 Å². The van der Waals surface area contributed by atoms with E-state index in [1.807, 2.05) is 0 Å². The minimum absolute atomic E-state index is 0.0610. The van der Waals surface area contributed by atoms with Crippen molar-refractivity contribution in [3.05, 3.63) is 46.9 Å². The number of nitrogens with one attached hydrogen (secondary N) is 2. The summed E-state index contributed by atoms with van der Waals surface area (Å²) in [4.78, 5) is 11.1. The Balaban J connectivity index is 2.40. The first-order chi connectivity index (χ1) is 10.8. The van der Waals surface area contributed by atoms with Crippen molar-refractivity contribution in [2.24, 2.45) is 0 Å². The molecule has 0 atom stereocenters. The number of carbonyl (C=O) groups excluding carboxylic acids is 1. The summed E-state index contributed by atoms with van der Waals surface area (Å²) in [6.07, 6.45) is 0. The largest absolute Gasteiger partial charge is 0.495 e. The predicted molar refractivity (Wildman–Crippen MR) is 92.2 cm³/mol. The normalized spacial score (nSPS) is 10.9. The molecule has 0 aliphatic heterocycles. The minimum Gasteiger partial charge on any atom is -0.495 e. The highest BCUT2D eigenvalue weighted by Crippen LogP contribution is 2.29. The molecule has 2 aromatic carbocycles. The summed E-state index contributed by atoms with van der Waals surface area (Å²) < 4.78 is 33.6. The number of anilines is 2. The summed E-state index contributed by atoms with van der Waals surface area (Å²) >= 11 is 3.29. The number of benzene rings is 2. The Labute approximate surface area is 143 Å². The van der Waals surface area contributed by atoms with Crippen LogP contribution in [0.15, 0.2) is 51.8 Å². The van der Waals surface area contributed by atoms with Crippen molar-refractivity contribution >= 4 is 43.2 Å². The van der Waals surface area contributed by atoms with E-state index >= 15 is 0 Å². The van der Waals surface area contributed by atoms with Gasteiger partial charge in [-0.2, -0.15) is 0 Å². The molecule has 0 aliphatic carbocycles. The van der Waals surface area contributed by atoms with Gasteiger partial charge in [-0.15, -0.1) is 0 Å². The van der Waals surface area contributed by atoms with Crippen molar-refractivity contribution in [1.29, 1.82) is 0 Å². The lowest BCUT2D eigenvalue weighted by Crippen LogP contribution is -2.15. The average Bonchev–Trinajstić information content (AvgIpc) is 2.49. The molecule has 0 saturated heterocycles. The van der Waals surface area contributed by atoms with Crippen LogP contribution in [0.5, 0.6) is 5.75 Å². The fourth-order valence-corrected chi connectivity index (χ4v) is 3.41. The summed E-state index contributed by atoms with van der Waals surface area (Å²) in [6, 6.07) is 11.1. The molecule has 0 heterocycles. The Bertz CT molecular complexity index is 820. The summed E-state index contributed by atoms with van der Waals surface area (Å²) in [5.74, 6) is -0.108. The Kier molecular flexibility index (Phi) is 5.27. The average molecular weight is 399 g/mol. The van der Waals surface area contributed by atoms with Gasteiger partial charge >= 0.3 is 0 Å². The highest BCUT2D eigenvalue weighted by atomic mass is 79.9. The van der Waals surface area contributed by atoms with E-state index in [9.17, 15) is 13.2 Å². The van der Waals surface area contributed by atoms with E-state index in [-0.39, 0.29) is 16.6 Å². The van der Waals surface area contributed by atoms with Gasteiger partial charge in [0.15, 0.2) is 0 Å². The second-order valence-corrected chi connectivity index (χ2v) is 7.23. The third-order valence-corrected chi connectivity index (χ3v) is 4.80. The Hall–Kier alpha value is -2.06. The van der Waals surface area contributed by atoms with E-state index in [1.165, 1.54) is 26.2 Å². The van der Waals surface area contributed by atoms with Crippen LogP contribution in [0.2, 0.25) is 0 Å². The maximum absolute atomic E-state index is 12.6. The molecule has 23 heavy (non-hydrogen) atoms. The van der Waals surface area contributed by atoms with Crippen LogP contribution in [0, 0.1) is 0 Å². The fourth-order valence-electron chi connectivity index (χ4n) is 1.90. The van der Waals surface area contributed by atoms with Crippen LogP contribution in [0.1, 0.15) is 6.92 Å². The van der Waals surface area contributed by atoms with Gasteiger partial charge in [-0.25, -0.2) is 8.42 Å². The second-order valence-electron chi connectivity index (χ2n) is 4.66. The highest BCUT2D eigenvalue weighted by Gasteiger charge is 2.20. The lowest BCUT2D eigenvalue weighted by molar-refractivity contribution is -0.114. The van der Waals surface area contributed by atoms with E-state index in [4.69, 9.17) is 4.74 Å². The SMILES string of the molecule is COc1ccc(NC(C)=O)cc1S(=O)(=O)Nc1ccc(Br)cc1. The first-order valence-electron chi connectivity index (χ1n) is 6.56. The van der Waals surface area contributed by atoms with Gasteiger partial charge < -0.3 is 10.1 Å². The molecule has 2 rings (SSSR count). The lowest BCUT2D eigenvalue weighted by atomic mass is 10.3. The molecule has 0 unspecified atom stereocenters. The van der Waals surface area contributed by atoms with Gasteiger partial charge in [0, 0.05) is 22.8 Å². The molecule has 0 aromatic heterocycles. The van der Waals surface area contributed by atoms with Crippen molar-refractivity contribution in [1.82, 2.24) is 0 Å². The zero-order valence-electron chi connectivity index (χ0n) is 12.5. The van der Waals surface area contributed by atoms with Crippen LogP contribution < -0.4 is 14.8 Å². The fraction of sp³-hybridized carbons (Fsp3) is 0.133. The molecule has 2 aromatic rings. The van der Waals surface area contributed by atoms with Crippen molar-refractivity contribution < 1.29 is 17.9 Å². The third kappa shape index (κ3) is 4.46. The molecule has 0 spiro atoms. The summed E-state index contributed by atoms with van der Waals surface area (Å²) in [7, 11) is -2.49.